The summed E-state index contributed by atoms with van der Waals surface area (Å²) in [6.07, 6.45) is 9.31. The number of rotatable bonds is 9. The Morgan fingerprint density at radius 3 is 2.65 bits per heavy atom. The Kier molecular flexibility index (Phi) is 10.6. The molecule has 1 aliphatic heterocycles. The number of carbonyl (C=O) groups is 1. The van der Waals surface area contributed by atoms with Crippen LogP contribution in [0.4, 0.5) is 0 Å². The molecule has 2 fully saturated rings. The van der Waals surface area contributed by atoms with Crippen LogP contribution >= 0.6 is 23.2 Å². The van der Waals surface area contributed by atoms with E-state index in [2.05, 4.69) is 49.3 Å². The van der Waals surface area contributed by atoms with Gasteiger partial charge in [-0.05, 0) is 74.7 Å². The van der Waals surface area contributed by atoms with Crippen LogP contribution in [0.2, 0.25) is 0 Å². The highest BCUT2D eigenvalue weighted by atomic mass is 35.5. The van der Waals surface area contributed by atoms with E-state index in [1.54, 1.807) is 7.11 Å². The Labute approximate surface area is 217 Å². The first kappa shape index (κ1) is 28.2. The summed E-state index contributed by atoms with van der Waals surface area (Å²) in [5.74, 6) is 1.98. The highest BCUT2D eigenvalue weighted by Gasteiger charge is 2.41. The van der Waals surface area contributed by atoms with Gasteiger partial charge >= 0.3 is 0 Å². The smallest absolute Gasteiger partial charge is 0.223 e. The number of hydrogen-bond acceptors (Lipinski definition) is 4. The average Bonchev–Trinajstić information content (AvgIpc) is 2.77. The summed E-state index contributed by atoms with van der Waals surface area (Å²) >= 11 is 12.8. The van der Waals surface area contributed by atoms with Gasteiger partial charge < -0.3 is 15.0 Å². The van der Waals surface area contributed by atoms with Crippen LogP contribution in [-0.4, -0.2) is 61.7 Å². The van der Waals surface area contributed by atoms with E-state index in [1.807, 2.05) is 0 Å². The third kappa shape index (κ3) is 7.83. The number of nitrogens with zero attached hydrogens (tertiary/aromatic N) is 1. The summed E-state index contributed by atoms with van der Waals surface area (Å²) in [5, 5.41) is 7.85. The van der Waals surface area contributed by atoms with Crippen LogP contribution in [0.3, 0.4) is 0 Å². The Hall–Kier alpha value is -0.330. The van der Waals surface area contributed by atoms with Gasteiger partial charge in [0.15, 0.2) is 0 Å². The monoisotopic (exact) mass is 515 g/mol. The van der Waals surface area contributed by atoms with Gasteiger partial charge in [-0.2, -0.15) is 0 Å². The molecule has 0 radical (unpaired) electrons. The fourth-order valence-electron chi connectivity index (χ4n) is 6.54. The minimum absolute atomic E-state index is 0.0284. The number of ether oxygens (including phenoxy) is 1. The molecule has 0 aromatic carbocycles. The molecule has 7 heteroatoms. The van der Waals surface area contributed by atoms with Crippen LogP contribution in [0.15, 0.2) is 11.1 Å². The summed E-state index contributed by atoms with van der Waals surface area (Å²) in [7, 11) is 1.68. The fourth-order valence-corrected chi connectivity index (χ4v) is 7.16. The summed E-state index contributed by atoms with van der Waals surface area (Å²) in [6, 6.07) is 0.381. The van der Waals surface area contributed by atoms with E-state index in [1.165, 1.54) is 12.8 Å². The molecule has 6 atom stereocenters. The Balaban J connectivity index is 1.55. The summed E-state index contributed by atoms with van der Waals surface area (Å²) in [4.78, 5) is 15.9. The molecule has 3 aliphatic rings. The molecule has 3 rings (SSSR count). The highest BCUT2D eigenvalue weighted by Crippen LogP contribution is 2.45. The Bertz CT molecular complexity index is 699. The van der Waals surface area contributed by atoms with Crippen molar-refractivity contribution in [2.24, 2.45) is 29.1 Å². The number of nitrogens with one attached hydrogen (secondary N) is 2. The summed E-state index contributed by atoms with van der Waals surface area (Å²) in [5.41, 5.74) is 0.265. The second-order valence-corrected chi connectivity index (χ2v) is 13.1. The average molecular weight is 517 g/mol. The van der Waals surface area contributed by atoms with E-state index in [0.29, 0.717) is 12.6 Å². The molecular weight excluding hydrogens is 469 g/mol. The maximum Gasteiger partial charge on any atom is 0.223 e. The molecule has 1 saturated carbocycles. The zero-order valence-electron chi connectivity index (χ0n) is 21.9. The van der Waals surface area contributed by atoms with Gasteiger partial charge in [-0.1, -0.05) is 45.4 Å². The van der Waals surface area contributed by atoms with E-state index in [0.717, 1.165) is 68.6 Å². The van der Waals surface area contributed by atoms with Crippen molar-refractivity contribution >= 4 is 29.1 Å². The highest BCUT2D eigenvalue weighted by molar-refractivity contribution is 6.29. The number of likely N-dealkylation sites (tertiary alicyclic amines) is 1. The lowest BCUT2D eigenvalue weighted by atomic mass is 9.65. The van der Waals surface area contributed by atoms with E-state index in [9.17, 15) is 4.79 Å². The van der Waals surface area contributed by atoms with Crippen molar-refractivity contribution in [1.29, 1.82) is 0 Å². The van der Waals surface area contributed by atoms with E-state index in [4.69, 9.17) is 27.9 Å². The number of carbonyl (C=O) groups excluding carboxylic acids is 1. The third-order valence-electron chi connectivity index (χ3n) is 8.48. The van der Waals surface area contributed by atoms with Crippen LogP contribution < -0.4 is 10.6 Å². The third-order valence-corrected chi connectivity index (χ3v) is 9.18. The number of methoxy groups -OCH3 is 1. The normalized spacial score (nSPS) is 33.4. The first-order valence-electron chi connectivity index (χ1n) is 13.3. The zero-order chi connectivity index (χ0) is 24.9. The van der Waals surface area contributed by atoms with E-state index < -0.39 is 0 Å². The van der Waals surface area contributed by atoms with Gasteiger partial charge in [0, 0.05) is 48.6 Å². The summed E-state index contributed by atoms with van der Waals surface area (Å²) < 4.78 is 5.15. The lowest BCUT2D eigenvalue weighted by molar-refractivity contribution is -0.127. The predicted molar refractivity (Wildman–Crippen MR) is 142 cm³/mol. The van der Waals surface area contributed by atoms with E-state index in [-0.39, 0.29) is 34.7 Å². The molecule has 5 unspecified atom stereocenters. The molecule has 34 heavy (non-hydrogen) atoms. The Morgan fingerprint density at radius 1 is 1.26 bits per heavy atom. The van der Waals surface area contributed by atoms with Gasteiger partial charge in [0.25, 0.3) is 0 Å². The van der Waals surface area contributed by atoms with Crippen molar-refractivity contribution in [3.05, 3.63) is 11.1 Å². The Morgan fingerprint density at radius 2 is 2.03 bits per heavy atom. The van der Waals surface area contributed by atoms with Crippen molar-refractivity contribution in [1.82, 2.24) is 15.5 Å². The molecule has 196 valence electrons. The van der Waals surface area contributed by atoms with Gasteiger partial charge in [0.2, 0.25) is 5.91 Å². The van der Waals surface area contributed by atoms with Gasteiger partial charge in [-0.25, -0.2) is 0 Å². The topological polar surface area (TPSA) is 53.6 Å². The second-order valence-electron chi connectivity index (χ2n) is 12.0. The van der Waals surface area contributed by atoms with Crippen molar-refractivity contribution < 1.29 is 9.53 Å². The molecule has 5 nitrogen and oxygen atoms in total. The molecule has 1 saturated heterocycles. The van der Waals surface area contributed by atoms with Gasteiger partial charge in [0.05, 0.1) is 6.73 Å². The molecule has 0 aromatic heterocycles. The molecule has 0 spiro atoms. The maximum atomic E-state index is 13.3. The van der Waals surface area contributed by atoms with Crippen molar-refractivity contribution in [2.75, 3.05) is 33.5 Å². The number of piperidine rings is 1. The standard InChI is InChI=1S/C27H47Cl2N3O2/c1-18(2)25(31-26(33)20-12-22(29)14-23(13-20)30-17-34-5)15-32-11-10-24(27(3,4)16-32)19-6-8-21(28)9-7-19/h8,18-20,22-25,30H,6-7,9-17H2,1-5H3,(H,31,33)/t19?,20?,22?,23?,24?,25-/m0/s1. The van der Waals surface area contributed by atoms with Crippen LogP contribution in [0, 0.1) is 29.1 Å². The first-order chi connectivity index (χ1) is 16.1. The van der Waals surface area contributed by atoms with Gasteiger partial charge in [-0.15, -0.1) is 11.6 Å². The number of hydrogen-bond donors (Lipinski definition) is 2. The van der Waals surface area contributed by atoms with E-state index >= 15 is 0 Å². The number of alkyl halides is 1. The molecule has 2 aliphatic carbocycles. The minimum atomic E-state index is -0.0415. The number of amides is 1. The lowest BCUT2D eigenvalue weighted by Crippen LogP contribution is -2.55. The molecule has 1 amide bonds. The van der Waals surface area contributed by atoms with Gasteiger partial charge in [-0.3, -0.25) is 10.1 Å². The largest absolute Gasteiger partial charge is 0.370 e. The molecule has 1 heterocycles. The van der Waals surface area contributed by atoms with Crippen LogP contribution in [0.5, 0.6) is 0 Å². The quantitative estimate of drug-likeness (QED) is 0.320. The summed E-state index contributed by atoms with van der Waals surface area (Å²) in [6.45, 7) is 12.9. The lowest BCUT2D eigenvalue weighted by Gasteiger charge is -2.49. The number of halogens is 2. The number of allylic oxidation sites excluding steroid dienone is 2. The zero-order valence-corrected chi connectivity index (χ0v) is 23.4. The SMILES string of the molecule is COCNC1CC(Cl)CC(C(=O)N[C@@H](CN2CCC(C3CC=C(Cl)CC3)C(C)(C)C2)C(C)C)C1. The fraction of sp³-hybridized carbons (Fsp3) is 0.889. The molecule has 0 aromatic rings. The van der Waals surface area contributed by atoms with Crippen LogP contribution in [-0.2, 0) is 9.53 Å². The van der Waals surface area contributed by atoms with Gasteiger partial charge in [0.1, 0.15) is 0 Å². The second kappa shape index (κ2) is 12.8. The van der Waals surface area contributed by atoms with Crippen molar-refractivity contribution in [3.8, 4) is 0 Å². The minimum Gasteiger partial charge on any atom is -0.370 e. The molecular formula is C27H47Cl2N3O2. The molecule has 0 bridgehead atoms. The van der Waals surface area contributed by atoms with Crippen LogP contribution in [0.25, 0.3) is 0 Å². The predicted octanol–water partition coefficient (Wildman–Crippen LogP) is 5.37. The van der Waals surface area contributed by atoms with Crippen LogP contribution in [0.1, 0.15) is 72.6 Å². The van der Waals surface area contributed by atoms with Crippen molar-refractivity contribution in [2.45, 2.75) is 90.1 Å². The first-order valence-corrected chi connectivity index (χ1v) is 14.1. The maximum absolute atomic E-state index is 13.3. The van der Waals surface area contributed by atoms with Crippen molar-refractivity contribution in [3.63, 3.8) is 0 Å². The molecule has 2 N–H and O–H groups in total.